The Labute approximate surface area is 125 Å². The van der Waals surface area contributed by atoms with Crippen molar-refractivity contribution >= 4 is 11.6 Å². The van der Waals surface area contributed by atoms with Crippen molar-refractivity contribution in [2.45, 2.75) is 26.0 Å². The standard InChI is InChI=1S/C17H20ClNO/c1-12(2)20-14-8-6-7-13(11-14)17(19-3)15-9-4-5-10-16(15)18/h4-12,17,19H,1-3H3. The number of hydrogen-bond acceptors (Lipinski definition) is 2. The van der Waals surface area contributed by atoms with Gasteiger partial charge in [0.15, 0.2) is 0 Å². The first-order valence-corrected chi connectivity index (χ1v) is 7.18. The van der Waals surface area contributed by atoms with E-state index < -0.39 is 0 Å². The van der Waals surface area contributed by atoms with Crippen LogP contribution in [-0.4, -0.2) is 13.2 Å². The Morgan fingerprint density at radius 3 is 2.45 bits per heavy atom. The summed E-state index contributed by atoms with van der Waals surface area (Å²) in [6.07, 6.45) is 0.165. The van der Waals surface area contributed by atoms with Crippen molar-refractivity contribution in [2.75, 3.05) is 7.05 Å². The predicted molar refractivity (Wildman–Crippen MR) is 84.6 cm³/mol. The Hall–Kier alpha value is -1.51. The molecular weight excluding hydrogens is 270 g/mol. The van der Waals surface area contributed by atoms with Gasteiger partial charge >= 0.3 is 0 Å². The second-order valence-electron chi connectivity index (χ2n) is 4.98. The molecule has 106 valence electrons. The van der Waals surface area contributed by atoms with Gasteiger partial charge in [-0.05, 0) is 50.2 Å². The van der Waals surface area contributed by atoms with Gasteiger partial charge in [0.2, 0.25) is 0 Å². The molecule has 1 unspecified atom stereocenters. The fourth-order valence-electron chi connectivity index (χ4n) is 2.25. The van der Waals surface area contributed by atoms with E-state index in [0.29, 0.717) is 0 Å². The molecule has 2 rings (SSSR count). The first-order valence-electron chi connectivity index (χ1n) is 6.80. The number of benzene rings is 2. The Kier molecular flexibility index (Phi) is 5.05. The molecule has 0 aliphatic heterocycles. The summed E-state index contributed by atoms with van der Waals surface area (Å²) in [6.45, 7) is 4.05. The van der Waals surface area contributed by atoms with Crippen LogP contribution in [0.4, 0.5) is 0 Å². The molecule has 0 heterocycles. The molecule has 0 fully saturated rings. The fraction of sp³-hybridized carbons (Fsp3) is 0.294. The SMILES string of the molecule is CNC(c1cccc(OC(C)C)c1)c1ccccc1Cl. The zero-order chi connectivity index (χ0) is 14.5. The molecule has 0 aromatic heterocycles. The minimum absolute atomic E-state index is 0.0550. The smallest absolute Gasteiger partial charge is 0.120 e. The summed E-state index contributed by atoms with van der Waals surface area (Å²) in [4.78, 5) is 0. The van der Waals surface area contributed by atoms with Gasteiger partial charge in [0, 0.05) is 5.02 Å². The normalized spacial score (nSPS) is 12.4. The van der Waals surface area contributed by atoms with E-state index in [1.807, 2.05) is 57.3 Å². The van der Waals surface area contributed by atoms with Gasteiger partial charge in [0.1, 0.15) is 5.75 Å². The Morgan fingerprint density at radius 1 is 1.05 bits per heavy atom. The fourth-order valence-corrected chi connectivity index (χ4v) is 2.50. The maximum Gasteiger partial charge on any atom is 0.120 e. The van der Waals surface area contributed by atoms with Gasteiger partial charge in [-0.25, -0.2) is 0 Å². The summed E-state index contributed by atoms with van der Waals surface area (Å²) in [6, 6.07) is 16.1. The largest absolute Gasteiger partial charge is 0.491 e. The highest BCUT2D eigenvalue weighted by atomic mass is 35.5. The molecule has 3 heteroatoms. The first-order chi connectivity index (χ1) is 9.61. The summed E-state index contributed by atoms with van der Waals surface area (Å²) in [5, 5.41) is 4.08. The Bertz CT molecular complexity index is 568. The first kappa shape index (κ1) is 14.9. The quantitative estimate of drug-likeness (QED) is 0.879. The van der Waals surface area contributed by atoms with Crippen molar-refractivity contribution in [1.82, 2.24) is 5.32 Å². The molecule has 0 amide bonds. The van der Waals surface area contributed by atoms with E-state index >= 15 is 0 Å². The molecule has 0 saturated carbocycles. The lowest BCUT2D eigenvalue weighted by atomic mass is 9.98. The van der Waals surface area contributed by atoms with Crippen molar-refractivity contribution in [2.24, 2.45) is 0 Å². The molecule has 2 aromatic carbocycles. The van der Waals surface area contributed by atoms with Crippen molar-refractivity contribution < 1.29 is 4.74 Å². The lowest BCUT2D eigenvalue weighted by molar-refractivity contribution is 0.242. The van der Waals surface area contributed by atoms with Crippen molar-refractivity contribution in [3.05, 3.63) is 64.7 Å². The van der Waals surface area contributed by atoms with E-state index in [2.05, 4.69) is 17.4 Å². The lowest BCUT2D eigenvalue weighted by Crippen LogP contribution is -2.18. The highest BCUT2D eigenvalue weighted by Crippen LogP contribution is 2.29. The number of hydrogen-bond donors (Lipinski definition) is 1. The van der Waals surface area contributed by atoms with E-state index in [9.17, 15) is 0 Å². The molecule has 1 N–H and O–H groups in total. The maximum atomic E-state index is 6.30. The summed E-state index contributed by atoms with van der Waals surface area (Å²) < 4.78 is 5.75. The summed E-state index contributed by atoms with van der Waals surface area (Å²) in [5.41, 5.74) is 2.21. The van der Waals surface area contributed by atoms with Gasteiger partial charge < -0.3 is 10.1 Å². The number of rotatable bonds is 5. The van der Waals surface area contributed by atoms with Gasteiger partial charge in [0.05, 0.1) is 12.1 Å². The maximum absolute atomic E-state index is 6.30. The minimum atomic E-state index is 0.0550. The Balaban J connectivity index is 2.35. The zero-order valence-electron chi connectivity index (χ0n) is 12.1. The third kappa shape index (κ3) is 3.53. The molecule has 0 aliphatic carbocycles. The predicted octanol–water partition coefficient (Wildman–Crippen LogP) is 4.44. The van der Waals surface area contributed by atoms with Crippen LogP contribution < -0.4 is 10.1 Å². The topological polar surface area (TPSA) is 21.3 Å². The molecule has 0 bridgehead atoms. The average Bonchev–Trinajstić information content (AvgIpc) is 2.41. The van der Waals surface area contributed by atoms with E-state index in [-0.39, 0.29) is 12.1 Å². The third-order valence-corrected chi connectivity index (χ3v) is 3.41. The van der Waals surface area contributed by atoms with Crippen molar-refractivity contribution in [3.8, 4) is 5.75 Å². The highest BCUT2D eigenvalue weighted by Gasteiger charge is 2.15. The van der Waals surface area contributed by atoms with Crippen LogP contribution in [0.3, 0.4) is 0 Å². The molecule has 1 atom stereocenters. The molecule has 0 saturated heterocycles. The van der Waals surface area contributed by atoms with E-state index in [1.165, 1.54) is 0 Å². The monoisotopic (exact) mass is 289 g/mol. The second kappa shape index (κ2) is 6.78. The molecule has 2 nitrogen and oxygen atoms in total. The molecule has 0 aliphatic rings. The third-order valence-electron chi connectivity index (χ3n) is 3.07. The molecule has 0 spiro atoms. The van der Waals surface area contributed by atoms with Crippen LogP contribution in [-0.2, 0) is 0 Å². The van der Waals surface area contributed by atoms with Crippen LogP contribution in [0.15, 0.2) is 48.5 Å². The average molecular weight is 290 g/mol. The van der Waals surface area contributed by atoms with Gasteiger partial charge in [-0.3, -0.25) is 0 Å². The van der Waals surface area contributed by atoms with Crippen LogP contribution in [0.1, 0.15) is 31.0 Å². The molecule has 0 radical (unpaired) electrons. The van der Waals surface area contributed by atoms with E-state index in [4.69, 9.17) is 16.3 Å². The van der Waals surface area contributed by atoms with Crippen LogP contribution in [0.2, 0.25) is 5.02 Å². The van der Waals surface area contributed by atoms with Gasteiger partial charge in [-0.1, -0.05) is 41.9 Å². The number of nitrogens with one attached hydrogen (secondary N) is 1. The van der Waals surface area contributed by atoms with Gasteiger partial charge in [-0.2, -0.15) is 0 Å². The zero-order valence-corrected chi connectivity index (χ0v) is 12.8. The molecule has 2 aromatic rings. The second-order valence-corrected chi connectivity index (χ2v) is 5.39. The van der Waals surface area contributed by atoms with E-state index in [1.54, 1.807) is 0 Å². The lowest BCUT2D eigenvalue weighted by Gasteiger charge is -2.20. The summed E-state index contributed by atoms with van der Waals surface area (Å²) in [5.74, 6) is 0.879. The minimum Gasteiger partial charge on any atom is -0.491 e. The van der Waals surface area contributed by atoms with Crippen LogP contribution in [0.5, 0.6) is 5.75 Å². The highest BCUT2D eigenvalue weighted by molar-refractivity contribution is 6.31. The van der Waals surface area contributed by atoms with Gasteiger partial charge in [0.25, 0.3) is 0 Å². The van der Waals surface area contributed by atoms with Crippen LogP contribution in [0.25, 0.3) is 0 Å². The summed E-state index contributed by atoms with van der Waals surface area (Å²) >= 11 is 6.30. The molecule has 20 heavy (non-hydrogen) atoms. The number of ether oxygens (including phenoxy) is 1. The van der Waals surface area contributed by atoms with Crippen LogP contribution in [0, 0.1) is 0 Å². The number of halogens is 1. The summed E-state index contributed by atoms with van der Waals surface area (Å²) in [7, 11) is 1.93. The van der Waals surface area contributed by atoms with E-state index in [0.717, 1.165) is 21.9 Å². The van der Waals surface area contributed by atoms with Crippen molar-refractivity contribution in [1.29, 1.82) is 0 Å². The Morgan fingerprint density at radius 2 is 1.80 bits per heavy atom. The van der Waals surface area contributed by atoms with Gasteiger partial charge in [-0.15, -0.1) is 0 Å². The van der Waals surface area contributed by atoms with Crippen molar-refractivity contribution in [3.63, 3.8) is 0 Å². The molecular formula is C17H20ClNO. The van der Waals surface area contributed by atoms with Crippen LogP contribution >= 0.6 is 11.6 Å².